The van der Waals surface area contributed by atoms with E-state index >= 15 is 0 Å². The van der Waals surface area contributed by atoms with Crippen LogP contribution in [0.25, 0.3) is 0 Å². The van der Waals surface area contributed by atoms with E-state index in [0.29, 0.717) is 12.1 Å². The zero-order valence-corrected chi connectivity index (χ0v) is 8.37. The minimum Gasteiger partial charge on any atom is -0.369 e. The highest BCUT2D eigenvalue weighted by Gasteiger charge is 2.33. The summed E-state index contributed by atoms with van der Waals surface area (Å²) < 4.78 is 49.9. The molecule has 0 aliphatic carbocycles. The maximum absolute atomic E-state index is 12.9. The molecule has 0 atom stereocenters. The van der Waals surface area contributed by atoms with Crippen LogP contribution in [0.4, 0.5) is 17.6 Å². The summed E-state index contributed by atoms with van der Waals surface area (Å²) >= 11 is 0. The smallest absolute Gasteiger partial charge is 0.369 e. The van der Waals surface area contributed by atoms with Gasteiger partial charge in [0.25, 0.3) is 0 Å². The number of nitrogens with zero attached hydrogens (tertiary/aromatic N) is 2. The molecule has 4 N–H and O–H groups in total. The van der Waals surface area contributed by atoms with Gasteiger partial charge in [0.05, 0.1) is 11.8 Å². The maximum Gasteiger partial charge on any atom is 0.419 e. The summed E-state index contributed by atoms with van der Waals surface area (Å²) in [4.78, 5) is 0. The zero-order chi connectivity index (χ0) is 13.1. The van der Waals surface area contributed by atoms with Crippen molar-refractivity contribution in [1.82, 2.24) is 0 Å². The molecule has 1 aromatic carbocycles. The normalized spacial score (nSPS) is 11.8. The van der Waals surface area contributed by atoms with Gasteiger partial charge in [-0.15, -0.1) is 5.10 Å². The summed E-state index contributed by atoms with van der Waals surface area (Å²) in [6.45, 7) is 0. The fourth-order valence-electron chi connectivity index (χ4n) is 1.00. The lowest BCUT2D eigenvalue weighted by atomic mass is 10.1. The Labute approximate surface area is 93.6 Å². The molecule has 17 heavy (non-hydrogen) atoms. The van der Waals surface area contributed by atoms with E-state index in [1.165, 1.54) is 0 Å². The van der Waals surface area contributed by atoms with E-state index in [4.69, 9.17) is 11.5 Å². The van der Waals surface area contributed by atoms with Crippen molar-refractivity contribution in [2.75, 3.05) is 0 Å². The van der Waals surface area contributed by atoms with Gasteiger partial charge in [0.15, 0.2) is 0 Å². The van der Waals surface area contributed by atoms with Crippen LogP contribution < -0.4 is 11.5 Å². The molecule has 0 radical (unpaired) electrons. The molecular formula is C9H8F4N4. The first kappa shape index (κ1) is 12.9. The molecule has 0 aliphatic heterocycles. The predicted molar refractivity (Wildman–Crippen MR) is 54.8 cm³/mol. The summed E-state index contributed by atoms with van der Waals surface area (Å²) in [5.41, 5.74) is 8.57. The van der Waals surface area contributed by atoms with Crippen molar-refractivity contribution < 1.29 is 17.6 Å². The van der Waals surface area contributed by atoms with Gasteiger partial charge in [-0.05, 0) is 17.7 Å². The molecule has 0 aliphatic rings. The lowest BCUT2D eigenvalue weighted by Crippen LogP contribution is -2.21. The molecule has 1 rings (SSSR count). The van der Waals surface area contributed by atoms with E-state index in [-0.39, 0.29) is 11.5 Å². The van der Waals surface area contributed by atoms with Crippen molar-refractivity contribution in [3.05, 3.63) is 35.1 Å². The van der Waals surface area contributed by atoms with Gasteiger partial charge in [-0.1, -0.05) is 6.07 Å². The topological polar surface area (TPSA) is 76.8 Å². The van der Waals surface area contributed by atoms with E-state index in [2.05, 4.69) is 10.2 Å². The Morgan fingerprint density at radius 2 is 1.88 bits per heavy atom. The highest BCUT2D eigenvalue weighted by atomic mass is 19.4. The highest BCUT2D eigenvalue weighted by molar-refractivity contribution is 5.81. The van der Waals surface area contributed by atoms with E-state index in [1.54, 1.807) is 0 Å². The number of hydrogen-bond donors (Lipinski definition) is 2. The van der Waals surface area contributed by atoms with Crippen LogP contribution in [0.2, 0.25) is 0 Å². The molecule has 0 fully saturated rings. The molecule has 0 bridgehead atoms. The zero-order valence-electron chi connectivity index (χ0n) is 8.37. The van der Waals surface area contributed by atoms with Crippen molar-refractivity contribution in [1.29, 1.82) is 0 Å². The molecule has 0 heterocycles. The predicted octanol–water partition coefficient (Wildman–Crippen LogP) is 1.45. The summed E-state index contributed by atoms with van der Waals surface area (Å²) in [7, 11) is 0. The van der Waals surface area contributed by atoms with Crippen molar-refractivity contribution in [2.45, 2.75) is 6.18 Å². The van der Waals surface area contributed by atoms with Crippen molar-refractivity contribution >= 4 is 12.2 Å². The summed E-state index contributed by atoms with van der Waals surface area (Å²) in [5.74, 6) is -1.68. The van der Waals surface area contributed by atoms with Gasteiger partial charge in [0.1, 0.15) is 5.82 Å². The van der Waals surface area contributed by atoms with Crippen LogP contribution >= 0.6 is 0 Å². The van der Waals surface area contributed by atoms with Gasteiger partial charge in [0.2, 0.25) is 5.96 Å². The van der Waals surface area contributed by atoms with Crippen LogP contribution in [0.1, 0.15) is 11.1 Å². The second-order valence-electron chi connectivity index (χ2n) is 3.01. The van der Waals surface area contributed by atoms with Crippen LogP contribution in [0.15, 0.2) is 28.4 Å². The largest absolute Gasteiger partial charge is 0.419 e. The Bertz CT molecular complexity index is 461. The van der Waals surface area contributed by atoms with E-state index in [9.17, 15) is 17.6 Å². The SMILES string of the molecule is NC(N)=N/N=C/c1ccc(F)c(C(F)(F)F)c1. The Morgan fingerprint density at radius 3 is 2.41 bits per heavy atom. The number of alkyl halides is 3. The fraction of sp³-hybridized carbons (Fsp3) is 0.111. The van der Waals surface area contributed by atoms with Crippen LogP contribution in [0.3, 0.4) is 0 Å². The number of benzene rings is 1. The van der Waals surface area contributed by atoms with Gasteiger partial charge in [-0.25, -0.2) is 4.39 Å². The fourth-order valence-corrected chi connectivity index (χ4v) is 1.00. The van der Waals surface area contributed by atoms with Crippen LogP contribution in [0.5, 0.6) is 0 Å². The molecule has 92 valence electrons. The number of guanidine groups is 1. The third-order valence-electron chi connectivity index (χ3n) is 1.68. The Kier molecular flexibility index (Phi) is 3.66. The van der Waals surface area contributed by atoms with E-state index < -0.39 is 17.6 Å². The first-order chi connectivity index (χ1) is 7.80. The summed E-state index contributed by atoms with van der Waals surface area (Å²) in [6, 6.07) is 2.43. The molecule has 0 amide bonds. The van der Waals surface area contributed by atoms with Crippen LogP contribution in [-0.4, -0.2) is 12.2 Å². The minimum absolute atomic E-state index is 0.0312. The second kappa shape index (κ2) is 4.81. The molecular weight excluding hydrogens is 240 g/mol. The van der Waals surface area contributed by atoms with E-state index in [1.807, 2.05) is 0 Å². The maximum atomic E-state index is 12.9. The first-order valence-electron chi connectivity index (χ1n) is 4.29. The van der Waals surface area contributed by atoms with Gasteiger partial charge >= 0.3 is 6.18 Å². The average molecular weight is 248 g/mol. The third-order valence-corrected chi connectivity index (χ3v) is 1.68. The third kappa shape index (κ3) is 3.74. The van der Waals surface area contributed by atoms with Gasteiger partial charge in [-0.3, -0.25) is 0 Å². The highest BCUT2D eigenvalue weighted by Crippen LogP contribution is 2.31. The van der Waals surface area contributed by atoms with Gasteiger partial charge in [-0.2, -0.15) is 18.3 Å². The van der Waals surface area contributed by atoms with Crippen LogP contribution in [0, 0.1) is 5.82 Å². The summed E-state index contributed by atoms with van der Waals surface area (Å²) in [5, 5.41) is 6.52. The molecule has 1 aromatic rings. The lowest BCUT2D eigenvalue weighted by Gasteiger charge is -2.07. The summed E-state index contributed by atoms with van der Waals surface area (Å²) in [6.07, 6.45) is -3.78. The average Bonchev–Trinajstić information content (AvgIpc) is 2.18. The molecule has 8 heteroatoms. The quantitative estimate of drug-likeness (QED) is 0.359. The molecule has 4 nitrogen and oxygen atoms in total. The van der Waals surface area contributed by atoms with Crippen LogP contribution in [-0.2, 0) is 6.18 Å². The second-order valence-corrected chi connectivity index (χ2v) is 3.01. The lowest BCUT2D eigenvalue weighted by molar-refractivity contribution is -0.140. The monoisotopic (exact) mass is 248 g/mol. The van der Waals surface area contributed by atoms with Gasteiger partial charge < -0.3 is 11.5 Å². The van der Waals surface area contributed by atoms with Crippen molar-refractivity contribution in [2.24, 2.45) is 21.7 Å². The first-order valence-corrected chi connectivity index (χ1v) is 4.29. The van der Waals surface area contributed by atoms with Crippen molar-refractivity contribution in [3.8, 4) is 0 Å². The van der Waals surface area contributed by atoms with Gasteiger partial charge in [0, 0.05) is 0 Å². The molecule has 0 unspecified atom stereocenters. The number of halogens is 4. The van der Waals surface area contributed by atoms with Crippen molar-refractivity contribution in [3.63, 3.8) is 0 Å². The Balaban J connectivity index is 3.06. The van der Waals surface area contributed by atoms with E-state index in [0.717, 1.165) is 12.3 Å². The molecule has 0 spiro atoms. The number of rotatable bonds is 2. The molecule has 0 aromatic heterocycles. The number of hydrogen-bond acceptors (Lipinski definition) is 2. The minimum atomic E-state index is -4.76. The number of nitrogens with two attached hydrogens (primary N) is 2. The standard InChI is InChI=1S/C9H8F4N4/c10-7-2-1-5(4-16-17-8(14)15)3-6(7)9(11,12)13/h1-4H,(H4,14,15,17)/b16-4+. The molecule has 0 saturated heterocycles. The Hall–Kier alpha value is -2.12. The Morgan fingerprint density at radius 1 is 1.24 bits per heavy atom. The molecule has 0 saturated carbocycles.